The first kappa shape index (κ1) is 23.6. The van der Waals surface area contributed by atoms with Gasteiger partial charge in [-0.25, -0.2) is 4.39 Å². The van der Waals surface area contributed by atoms with Gasteiger partial charge in [-0.2, -0.15) is 0 Å². The van der Waals surface area contributed by atoms with Crippen molar-refractivity contribution in [3.05, 3.63) is 111 Å². The first-order valence-electron chi connectivity index (χ1n) is 10.8. The lowest BCUT2D eigenvalue weighted by atomic mass is 10.3. The zero-order valence-corrected chi connectivity index (χ0v) is 20.2. The number of amides is 3. The second kappa shape index (κ2) is 10.2. The summed E-state index contributed by atoms with van der Waals surface area (Å²) in [5, 5.41) is 7.64. The molecule has 1 aliphatic rings. The molecule has 7 nitrogen and oxygen atoms in total. The third-order valence-corrected chi connectivity index (χ3v) is 7.13. The summed E-state index contributed by atoms with van der Waals surface area (Å²) in [5.41, 5.74) is 1.09. The number of anilines is 2. The second-order valence-corrected chi connectivity index (χ2v) is 9.70. The summed E-state index contributed by atoms with van der Waals surface area (Å²) in [5.74, 6) is -1.20. The highest BCUT2D eigenvalue weighted by Gasteiger charge is 2.39. The van der Waals surface area contributed by atoms with Crippen LogP contribution in [-0.2, 0) is 16.1 Å². The molecule has 3 amide bonds. The summed E-state index contributed by atoms with van der Waals surface area (Å²) in [6.07, 6.45) is 1.47. The zero-order valence-electron chi connectivity index (χ0n) is 18.6. The van der Waals surface area contributed by atoms with E-state index in [-0.39, 0.29) is 23.1 Å². The summed E-state index contributed by atoms with van der Waals surface area (Å²) in [4.78, 5) is 41.5. The fourth-order valence-corrected chi connectivity index (χ4v) is 5.12. The van der Waals surface area contributed by atoms with Gasteiger partial charge in [0.05, 0.1) is 17.7 Å². The van der Waals surface area contributed by atoms with Crippen LogP contribution in [0.1, 0.15) is 15.4 Å². The van der Waals surface area contributed by atoms with Crippen molar-refractivity contribution in [2.24, 2.45) is 0 Å². The van der Waals surface area contributed by atoms with E-state index in [4.69, 9.17) is 4.42 Å². The van der Waals surface area contributed by atoms with Gasteiger partial charge in [0, 0.05) is 16.3 Å². The van der Waals surface area contributed by atoms with Crippen molar-refractivity contribution in [3.8, 4) is 0 Å². The van der Waals surface area contributed by atoms with E-state index in [1.165, 1.54) is 41.9 Å². The van der Waals surface area contributed by atoms with Crippen LogP contribution in [0.3, 0.4) is 0 Å². The van der Waals surface area contributed by atoms with Crippen LogP contribution in [0.15, 0.2) is 104 Å². The quantitative estimate of drug-likeness (QED) is 0.290. The van der Waals surface area contributed by atoms with Crippen LogP contribution in [0.4, 0.5) is 15.8 Å². The average Bonchev–Trinajstić information content (AvgIpc) is 3.63. The molecule has 3 heterocycles. The van der Waals surface area contributed by atoms with Crippen LogP contribution in [0.2, 0.25) is 0 Å². The number of furan rings is 1. The summed E-state index contributed by atoms with van der Waals surface area (Å²) in [6.45, 7) is -0.0275. The van der Waals surface area contributed by atoms with E-state index < -0.39 is 17.6 Å². The van der Waals surface area contributed by atoms with E-state index in [1.54, 1.807) is 48.5 Å². The van der Waals surface area contributed by atoms with Crippen molar-refractivity contribution in [2.45, 2.75) is 11.4 Å². The number of thiophene rings is 1. The maximum Gasteiger partial charge on any atom is 0.278 e. The van der Waals surface area contributed by atoms with Crippen molar-refractivity contribution >= 4 is 52.2 Å². The highest BCUT2D eigenvalue weighted by molar-refractivity contribution is 8.04. The molecule has 36 heavy (non-hydrogen) atoms. The van der Waals surface area contributed by atoms with Gasteiger partial charge in [0.2, 0.25) is 0 Å². The van der Waals surface area contributed by atoms with Crippen LogP contribution in [-0.4, -0.2) is 22.6 Å². The van der Waals surface area contributed by atoms with Crippen molar-refractivity contribution in [2.75, 3.05) is 10.6 Å². The number of hydrogen-bond donors (Lipinski definition) is 2. The van der Waals surface area contributed by atoms with E-state index in [2.05, 4.69) is 10.6 Å². The summed E-state index contributed by atoms with van der Waals surface area (Å²) < 4.78 is 18.7. The minimum absolute atomic E-state index is 0.0275. The van der Waals surface area contributed by atoms with E-state index >= 15 is 0 Å². The Morgan fingerprint density at radius 3 is 2.53 bits per heavy atom. The van der Waals surface area contributed by atoms with Gasteiger partial charge >= 0.3 is 0 Å². The number of imide groups is 1. The highest BCUT2D eigenvalue weighted by Crippen LogP contribution is 2.37. The maximum absolute atomic E-state index is 13.4. The molecule has 2 N–H and O–H groups in total. The molecule has 0 spiro atoms. The van der Waals surface area contributed by atoms with Gasteiger partial charge in [-0.05, 0) is 66.0 Å². The predicted molar refractivity (Wildman–Crippen MR) is 136 cm³/mol. The van der Waals surface area contributed by atoms with Gasteiger partial charge in [0.25, 0.3) is 17.7 Å². The average molecular weight is 520 g/mol. The molecule has 0 aliphatic carbocycles. The lowest BCUT2D eigenvalue weighted by Crippen LogP contribution is -2.31. The molecule has 0 fully saturated rings. The van der Waals surface area contributed by atoms with E-state index in [0.717, 1.165) is 16.7 Å². The number of benzene rings is 2. The Labute approximate surface area is 213 Å². The van der Waals surface area contributed by atoms with Gasteiger partial charge in [0.15, 0.2) is 0 Å². The van der Waals surface area contributed by atoms with Crippen LogP contribution < -0.4 is 10.6 Å². The van der Waals surface area contributed by atoms with Crippen molar-refractivity contribution in [3.63, 3.8) is 0 Å². The van der Waals surface area contributed by atoms with Crippen molar-refractivity contribution in [1.82, 2.24) is 4.90 Å². The van der Waals surface area contributed by atoms with E-state index in [1.807, 2.05) is 5.38 Å². The molecule has 5 rings (SSSR count). The monoisotopic (exact) mass is 519 g/mol. The fourth-order valence-electron chi connectivity index (χ4n) is 3.49. The Morgan fingerprint density at radius 2 is 1.81 bits per heavy atom. The SMILES string of the molecule is O=C(Nc1cccc(SC2=C(Nc3ccc(F)cc3)C(=O)N(Cc3ccco3)C2=O)c1)c1cccs1. The molecular formula is C26H18FN3O4S2. The first-order valence-corrected chi connectivity index (χ1v) is 12.5. The number of rotatable bonds is 8. The smallest absolute Gasteiger partial charge is 0.278 e. The van der Waals surface area contributed by atoms with Crippen molar-refractivity contribution < 1.29 is 23.2 Å². The first-order chi connectivity index (χ1) is 17.5. The molecule has 10 heteroatoms. The Hall–Kier alpha value is -4.15. The van der Waals surface area contributed by atoms with Crippen LogP contribution in [0.25, 0.3) is 0 Å². The molecule has 2 aromatic carbocycles. The van der Waals surface area contributed by atoms with Gasteiger partial charge in [-0.15, -0.1) is 11.3 Å². The number of hydrogen-bond acceptors (Lipinski definition) is 7. The number of halogens is 1. The van der Waals surface area contributed by atoms with Crippen LogP contribution >= 0.6 is 23.1 Å². The topological polar surface area (TPSA) is 91.7 Å². The number of nitrogens with one attached hydrogen (secondary N) is 2. The molecule has 0 bridgehead atoms. The number of carbonyl (C=O) groups is 3. The molecule has 0 radical (unpaired) electrons. The normalized spacial score (nSPS) is 13.4. The fraction of sp³-hybridized carbons (Fsp3) is 0.0385. The Balaban J connectivity index is 1.42. The molecule has 0 saturated carbocycles. The highest BCUT2D eigenvalue weighted by atomic mass is 32.2. The van der Waals surface area contributed by atoms with Crippen LogP contribution in [0, 0.1) is 5.82 Å². The van der Waals surface area contributed by atoms with E-state index in [9.17, 15) is 18.8 Å². The molecule has 4 aromatic rings. The predicted octanol–water partition coefficient (Wildman–Crippen LogP) is 5.72. The third kappa shape index (κ3) is 5.09. The lowest BCUT2D eigenvalue weighted by molar-refractivity contribution is -0.138. The minimum atomic E-state index is -0.523. The van der Waals surface area contributed by atoms with Crippen LogP contribution in [0.5, 0.6) is 0 Å². The molecule has 0 saturated heterocycles. The molecule has 180 valence electrons. The second-order valence-electron chi connectivity index (χ2n) is 7.67. The Morgan fingerprint density at radius 1 is 0.972 bits per heavy atom. The number of carbonyl (C=O) groups excluding carboxylic acids is 3. The molecule has 2 aromatic heterocycles. The summed E-state index contributed by atoms with van der Waals surface area (Å²) in [7, 11) is 0. The third-order valence-electron chi connectivity index (χ3n) is 5.19. The Bertz CT molecular complexity index is 1450. The molecule has 1 aliphatic heterocycles. The number of thioether (sulfide) groups is 1. The standard InChI is InChI=1S/C26H18FN3O4S2/c27-16-8-10-17(11-9-16)28-22-23(26(33)30(25(22)32)15-19-5-2-12-34-19)36-20-6-1-4-18(14-20)29-24(31)21-7-3-13-35-21/h1-14,28H,15H2,(H,29,31). The lowest BCUT2D eigenvalue weighted by Gasteiger charge is -2.13. The largest absolute Gasteiger partial charge is 0.467 e. The zero-order chi connectivity index (χ0) is 25.1. The summed E-state index contributed by atoms with van der Waals surface area (Å²) >= 11 is 2.43. The van der Waals surface area contributed by atoms with Crippen molar-refractivity contribution in [1.29, 1.82) is 0 Å². The number of nitrogens with zero attached hydrogens (tertiary/aromatic N) is 1. The minimum Gasteiger partial charge on any atom is -0.467 e. The van der Waals surface area contributed by atoms with Gasteiger partial charge < -0.3 is 15.1 Å². The van der Waals surface area contributed by atoms with Gasteiger partial charge in [-0.1, -0.05) is 23.9 Å². The Kier molecular flexibility index (Phi) is 6.70. The van der Waals surface area contributed by atoms with Gasteiger partial charge in [0.1, 0.15) is 22.2 Å². The molecule has 0 unspecified atom stereocenters. The maximum atomic E-state index is 13.4. The van der Waals surface area contributed by atoms with Gasteiger partial charge in [-0.3, -0.25) is 19.3 Å². The molecule has 0 atom stereocenters. The summed E-state index contributed by atoms with van der Waals surface area (Å²) in [6, 6.07) is 19.4. The molecular weight excluding hydrogens is 501 g/mol. The van der Waals surface area contributed by atoms with E-state index in [0.29, 0.717) is 26.9 Å².